The SMILES string of the molecule is CCCCCCCC/C=C\CCCCCCCCC(O)C(=O)NC(CS(=O)(=O)O)C(O)CCCCCCCCCCCCC. The zero-order valence-corrected chi connectivity index (χ0v) is 29.5. The molecule has 0 aromatic rings. The van der Waals surface area contributed by atoms with Crippen LogP contribution < -0.4 is 5.32 Å². The summed E-state index contributed by atoms with van der Waals surface area (Å²) in [7, 11) is -4.40. The van der Waals surface area contributed by atoms with Crippen LogP contribution in [0.1, 0.15) is 187 Å². The Balaban J connectivity index is 4.04. The van der Waals surface area contributed by atoms with E-state index in [0.29, 0.717) is 25.7 Å². The molecular weight excluding hydrogens is 574 g/mol. The highest BCUT2D eigenvalue weighted by molar-refractivity contribution is 7.85. The number of hydrogen-bond acceptors (Lipinski definition) is 5. The van der Waals surface area contributed by atoms with Crippen LogP contribution in [0.4, 0.5) is 0 Å². The number of hydrogen-bond donors (Lipinski definition) is 4. The van der Waals surface area contributed by atoms with Crippen LogP contribution in [0.3, 0.4) is 0 Å². The van der Waals surface area contributed by atoms with E-state index < -0.39 is 40.0 Å². The van der Waals surface area contributed by atoms with E-state index in [9.17, 15) is 28.0 Å². The minimum atomic E-state index is -4.40. The number of carbonyl (C=O) groups is 1. The molecule has 0 saturated carbocycles. The van der Waals surface area contributed by atoms with Gasteiger partial charge in [-0.3, -0.25) is 9.35 Å². The third kappa shape index (κ3) is 29.7. The summed E-state index contributed by atoms with van der Waals surface area (Å²) in [6, 6.07) is -1.14. The smallest absolute Gasteiger partial charge is 0.266 e. The Hall–Kier alpha value is -0.960. The van der Waals surface area contributed by atoms with Crippen molar-refractivity contribution in [3.63, 3.8) is 0 Å². The van der Waals surface area contributed by atoms with Crippen LogP contribution >= 0.6 is 0 Å². The molecule has 7 nitrogen and oxygen atoms in total. The van der Waals surface area contributed by atoms with Crippen molar-refractivity contribution in [3.8, 4) is 0 Å². The quantitative estimate of drug-likeness (QED) is 0.0320. The zero-order chi connectivity index (χ0) is 32.7. The van der Waals surface area contributed by atoms with Crippen molar-refractivity contribution < 1.29 is 28.0 Å². The first-order chi connectivity index (χ1) is 21.2. The van der Waals surface area contributed by atoms with Gasteiger partial charge < -0.3 is 15.5 Å². The van der Waals surface area contributed by atoms with Crippen LogP contribution in [0.5, 0.6) is 0 Å². The molecule has 4 N–H and O–H groups in total. The molecule has 3 unspecified atom stereocenters. The molecule has 0 saturated heterocycles. The monoisotopic (exact) mass is 646 g/mol. The molecule has 1 amide bonds. The summed E-state index contributed by atoms with van der Waals surface area (Å²) >= 11 is 0. The van der Waals surface area contributed by atoms with E-state index in [1.54, 1.807) is 0 Å². The lowest BCUT2D eigenvalue weighted by molar-refractivity contribution is -0.131. The molecule has 0 heterocycles. The molecule has 0 rings (SSSR count). The molecule has 0 spiro atoms. The van der Waals surface area contributed by atoms with Gasteiger partial charge >= 0.3 is 0 Å². The fourth-order valence-corrected chi connectivity index (χ4v) is 6.45. The van der Waals surface area contributed by atoms with Gasteiger partial charge in [0, 0.05) is 0 Å². The Bertz CT molecular complexity index is 773. The summed E-state index contributed by atoms with van der Waals surface area (Å²) in [4.78, 5) is 12.5. The second-order valence-electron chi connectivity index (χ2n) is 13.0. The molecule has 0 aliphatic rings. The molecule has 8 heteroatoms. The fourth-order valence-electron chi connectivity index (χ4n) is 5.69. The molecule has 0 radical (unpaired) electrons. The summed E-state index contributed by atoms with van der Waals surface area (Å²) in [5.41, 5.74) is 0. The number of rotatable bonds is 33. The number of nitrogens with one attached hydrogen (secondary N) is 1. The number of carbonyl (C=O) groups excluding carboxylic acids is 1. The van der Waals surface area contributed by atoms with Gasteiger partial charge in [0.15, 0.2) is 0 Å². The van der Waals surface area contributed by atoms with Crippen molar-refractivity contribution in [2.24, 2.45) is 0 Å². The van der Waals surface area contributed by atoms with Gasteiger partial charge in [-0.1, -0.05) is 161 Å². The number of aliphatic hydroxyl groups is 2. The lowest BCUT2D eigenvalue weighted by Gasteiger charge is -2.24. The predicted molar refractivity (Wildman–Crippen MR) is 186 cm³/mol. The molecule has 262 valence electrons. The van der Waals surface area contributed by atoms with Gasteiger partial charge in [-0.05, 0) is 38.5 Å². The summed E-state index contributed by atoms with van der Waals surface area (Å²) in [6.07, 6.45) is 32.3. The number of allylic oxidation sites excluding steroid dienone is 2. The Labute approximate surface area is 272 Å². The first-order valence-corrected chi connectivity index (χ1v) is 20.1. The molecule has 0 aromatic heterocycles. The maximum absolute atomic E-state index is 12.5. The second kappa shape index (κ2) is 30.7. The third-order valence-electron chi connectivity index (χ3n) is 8.58. The molecule has 0 bridgehead atoms. The van der Waals surface area contributed by atoms with E-state index in [1.807, 2.05) is 0 Å². The van der Waals surface area contributed by atoms with Gasteiger partial charge in [0.1, 0.15) is 6.10 Å². The Morgan fingerprint density at radius 3 is 1.36 bits per heavy atom. The summed E-state index contributed by atoms with van der Waals surface area (Å²) < 4.78 is 32.4. The van der Waals surface area contributed by atoms with Crippen molar-refractivity contribution in [1.29, 1.82) is 0 Å². The normalized spacial score (nSPS) is 14.2. The van der Waals surface area contributed by atoms with Crippen LogP contribution in [0.25, 0.3) is 0 Å². The van der Waals surface area contributed by atoms with E-state index in [-0.39, 0.29) is 0 Å². The van der Waals surface area contributed by atoms with Crippen molar-refractivity contribution in [3.05, 3.63) is 12.2 Å². The first kappa shape index (κ1) is 43.0. The van der Waals surface area contributed by atoms with E-state index in [4.69, 9.17) is 0 Å². The minimum Gasteiger partial charge on any atom is -0.391 e. The summed E-state index contributed by atoms with van der Waals surface area (Å²) in [6.45, 7) is 4.47. The van der Waals surface area contributed by atoms with Crippen LogP contribution in [-0.4, -0.2) is 53.1 Å². The Morgan fingerprint density at radius 1 is 0.591 bits per heavy atom. The fraction of sp³-hybridized carbons (Fsp3) is 0.917. The van der Waals surface area contributed by atoms with E-state index in [1.165, 1.54) is 103 Å². The van der Waals surface area contributed by atoms with Crippen LogP contribution in [0.2, 0.25) is 0 Å². The van der Waals surface area contributed by atoms with E-state index in [0.717, 1.165) is 44.9 Å². The standard InChI is InChI=1S/C36H71NO6S/c1-3-5-7-9-11-13-15-16-17-18-19-21-23-25-27-29-31-35(39)36(40)37-33(32-44(41,42)43)34(38)30-28-26-24-22-20-14-12-10-8-6-4-2/h16-17,33-35,38-39H,3-15,18-32H2,1-2H3,(H,37,40)(H,41,42,43)/b17-16-. The number of unbranched alkanes of at least 4 members (excludes halogenated alkanes) is 22. The van der Waals surface area contributed by atoms with Gasteiger partial charge in [0.05, 0.1) is 17.9 Å². The Kier molecular flexibility index (Phi) is 30.0. The minimum absolute atomic E-state index is 0.292. The average Bonchev–Trinajstić information content (AvgIpc) is 2.98. The maximum Gasteiger partial charge on any atom is 0.266 e. The highest BCUT2D eigenvalue weighted by Crippen LogP contribution is 2.15. The highest BCUT2D eigenvalue weighted by Gasteiger charge is 2.28. The third-order valence-corrected chi connectivity index (χ3v) is 9.36. The zero-order valence-electron chi connectivity index (χ0n) is 28.7. The van der Waals surface area contributed by atoms with E-state index in [2.05, 4.69) is 31.3 Å². The van der Waals surface area contributed by atoms with Gasteiger partial charge in [0.2, 0.25) is 5.91 Å². The highest BCUT2D eigenvalue weighted by atomic mass is 32.2. The van der Waals surface area contributed by atoms with Gasteiger partial charge in [-0.25, -0.2) is 0 Å². The van der Waals surface area contributed by atoms with Gasteiger partial charge in [0.25, 0.3) is 10.1 Å². The second-order valence-corrected chi connectivity index (χ2v) is 14.5. The van der Waals surface area contributed by atoms with Crippen LogP contribution in [0, 0.1) is 0 Å². The summed E-state index contributed by atoms with van der Waals surface area (Å²) in [5.74, 6) is -1.46. The first-order valence-electron chi connectivity index (χ1n) is 18.5. The molecule has 0 fully saturated rings. The number of aliphatic hydroxyl groups excluding tert-OH is 2. The molecule has 0 aromatic carbocycles. The number of amides is 1. The van der Waals surface area contributed by atoms with E-state index >= 15 is 0 Å². The van der Waals surface area contributed by atoms with Gasteiger partial charge in [-0.15, -0.1) is 0 Å². The average molecular weight is 646 g/mol. The van der Waals surface area contributed by atoms with Crippen LogP contribution in [-0.2, 0) is 14.9 Å². The predicted octanol–water partition coefficient (Wildman–Crippen LogP) is 9.21. The molecule has 3 atom stereocenters. The maximum atomic E-state index is 12.5. The van der Waals surface area contributed by atoms with Gasteiger partial charge in [-0.2, -0.15) is 8.42 Å². The summed E-state index contributed by atoms with van der Waals surface area (Å²) in [5, 5.41) is 23.4. The molecular formula is C36H71NO6S. The topological polar surface area (TPSA) is 124 Å². The van der Waals surface area contributed by atoms with Crippen molar-refractivity contribution in [1.82, 2.24) is 5.32 Å². The molecule has 0 aliphatic heterocycles. The lowest BCUT2D eigenvalue weighted by Crippen LogP contribution is -2.50. The van der Waals surface area contributed by atoms with Crippen molar-refractivity contribution >= 4 is 16.0 Å². The molecule has 0 aliphatic carbocycles. The van der Waals surface area contributed by atoms with Crippen LogP contribution in [0.15, 0.2) is 12.2 Å². The van der Waals surface area contributed by atoms with Crippen molar-refractivity contribution in [2.75, 3.05) is 5.75 Å². The Morgan fingerprint density at radius 2 is 0.955 bits per heavy atom. The lowest BCUT2D eigenvalue weighted by atomic mass is 10.0. The van der Waals surface area contributed by atoms with Crippen molar-refractivity contribution in [2.45, 2.75) is 205 Å². The molecule has 44 heavy (non-hydrogen) atoms. The largest absolute Gasteiger partial charge is 0.391 e.